The summed E-state index contributed by atoms with van der Waals surface area (Å²) in [6, 6.07) is 17.1. The van der Waals surface area contributed by atoms with E-state index in [0.717, 1.165) is 0 Å². The molecule has 30 heavy (non-hydrogen) atoms. The maximum absolute atomic E-state index is 13.3. The first kappa shape index (κ1) is 21.8. The van der Waals surface area contributed by atoms with Crippen LogP contribution in [0.15, 0.2) is 77.7 Å². The number of rotatable bonds is 7. The van der Waals surface area contributed by atoms with E-state index in [-0.39, 0.29) is 22.7 Å². The minimum atomic E-state index is -3.94. The number of amides is 1. The van der Waals surface area contributed by atoms with Crippen LogP contribution in [0.1, 0.15) is 22.0 Å². The van der Waals surface area contributed by atoms with Crippen molar-refractivity contribution in [3.63, 3.8) is 0 Å². The van der Waals surface area contributed by atoms with Crippen LogP contribution in [-0.4, -0.2) is 26.0 Å². The van der Waals surface area contributed by atoms with Gasteiger partial charge in [-0.2, -0.15) is 0 Å². The lowest BCUT2D eigenvalue weighted by Gasteiger charge is -2.15. The summed E-state index contributed by atoms with van der Waals surface area (Å²) in [7, 11) is -3.94. The molecular weight excluding hydrogens is 431 g/mol. The van der Waals surface area contributed by atoms with Crippen LogP contribution in [0, 0.1) is 5.82 Å². The summed E-state index contributed by atoms with van der Waals surface area (Å²) >= 11 is 5.79. The molecule has 0 radical (unpaired) electrons. The van der Waals surface area contributed by atoms with Crippen molar-refractivity contribution in [3.05, 3.63) is 94.8 Å². The van der Waals surface area contributed by atoms with Gasteiger partial charge in [-0.1, -0.05) is 35.9 Å². The molecule has 0 spiro atoms. The average molecular weight is 449 g/mol. The molecule has 0 aliphatic carbocycles. The van der Waals surface area contributed by atoms with Crippen molar-refractivity contribution in [3.8, 4) is 0 Å². The largest absolute Gasteiger partial charge is 0.387 e. The third kappa shape index (κ3) is 5.35. The number of carbonyl (C=O) groups is 1. The Hall–Kier alpha value is -2.94. The monoisotopic (exact) mass is 448 g/mol. The fourth-order valence-electron chi connectivity index (χ4n) is 2.70. The fourth-order valence-corrected chi connectivity index (χ4v) is 3.91. The van der Waals surface area contributed by atoms with Crippen LogP contribution >= 0.6 is 11.6 Å². The van der Waals surface area contributed by atoms with Crippen LogP contribution in [0.5, 0.6) is 0 Å². The second-order valence-corrected chi connectivity index (χ2v) is 8.50. The zero-order valence-corrected chi connectivity index (χ0v) is 17.1. The average Bonchev–Trinajstić information content (AvgIpc) is 2.72. The topological polar surface area (TPSA) is 95.5 Å². The smallest absolute Gasteiger partial charge is 0.261 e. The van der Waals surface area contributed by atoms with Gasteiger partial charge in [0.05, 0.1) is 22.3 Å². The first-order valence-electron chi connectivity index (χ1n) is 8.85. The van der Waals surface area contributed by atoms with Gasteiger partial charge in [0.25, 0.3) is 15.9 Å². The number of halogens is 2. The molecule has 9 heteroatoms. The highest BCUT2D eigenvalue weighted by molar-refractivity contribution is 7.92. The van der Waals surface area contributed by atoms with Crippen LogP contribution in [-0.2, 0) is 10.0 Å². The lowest BCUT2D eigenvalue weighted by atomic mass is 10.1. The molecule has 0 bridgehead atoms. The Morgan fingerprint density at radius 2 is 1.73 bits per heavy atom. The number of anilines is 1. The van der Waals surface area contributed by atoms with E-state index in [0.29, 0.717) is 10.6 Å². The lowest BCUT2D eigenvalue weighted by molar-refractivity contribution is 0.0917. The molecule has 0 aliphatic rings. The van der Waals surface area contributed by atoms with E-state index in [1.165, 1.54) is 60.7 Å². The van der Waals surface area contributed by atoms with Gasteiger partial charge in [-0.25, -0.2) is 12.8 Å². The highest BCUT2D eigenvalue weighted by Crippen LogP contribution is 2.22. The zero-order chi connectivity index (χ0) is 21.7. The van der Waals surface area contributed by atoms with Crippen LogP contribution in [0.4, 0.5) is 10.1 Å². The molecule has 3 N–H and O–H groups in total. The summed E-state index contributed by atoms with van der Waals surface area (Å²) < 4.78 is 40.9. The molecule has 1 amide bonds. The van der Waals surface area contributed by atoms with Gasteiger partial charge < -0.3 is 10.4 Å². The normalized spacial score (nSPS) is 12.2. The highest BCUT2D eigenvalue weighted by atomic mass is 35.5. The molecule has 6 nitrogen and oxygen atoms in total. The maximum atomic E-state index is 13.3. The predicted octanol–water partition coefficient (Wildman–Crippen LogP) is 3.74. The number of nitrogens with one attached hydrogen (secondary N) is 2. The number of hydrogen-bond acceptors (Lipinski definition) is 4. The Bertz CT molecular complexity index is 1150. The van der Waals surface area contributed by atoms with E-state index < -0.39 is 27.9 Å². The zero-order valence-electron chi connectivity index (χ0n) is 15.5. The molecule has 0 saturated heterocycles. The first-order chi connectivity index (χ1) is 14.3. The quantitative estimate of drug-likeness (QED) is 0.513. The molecule has 1 unspecified atom stereocenters. The van der Waals surface area contributed by atoms with E-state index in [9.17, 15) is 22.7 Å². The number of carbonyl (C=O) groups excluding carboxylic acids is 1. The Kier molecular flexibility index (Phi) is 6.71. The fraction of sp³-hybridized carbons (Fsp3) is 0.0952. The summed E-state index contributed by atoms with van der Waals surface area (Å²) in [5.41, 5.74) is 0.457. The molecule has 0 fully saturated rings. The summed E-state index contributed by atoms with van der Waals surface area (Å²) in [4.78, 5) is 12.6. The van der Waals surface area contributed by atoms with Crippen molar-refractivity contribution < 1.29 is 22.7 Å². The van der Waals surface area contributed by atoms with Gasteiger partial charge in [-0.3, -0.25) is 9.52 Å². The summed E-state index contributed by atoms with van der Waals surface area (Å²) in [6.07, 6.45) is -1.12. The van der Waals surface area contributed by atoms with Crippen molar-refractivity contribution >= 4 is 33.2 Å². The van der Waals surface area contributed by atoms with E-state index >= 15 is 0 Å². The number of sulfonamides is 1. The highest BCUT2D eigenvalue weighted by Gasteiger charge is 2.19. The Labute approximate surface area is 178 Å². The first-order valence-corrected chi connectivity index (χ1v) is 10.7. The van der Waals surface area contributed by atoms with Gasteiger partial charge >= 0.3 is 0 Å². The van der Waals surface area contributed by atoms with Gasteiger partial charge in [-0.15, -0.1) is 0 Å². The molecule has 3 aromatic rings. The summed E-state index contributed by atoms with van der Waals surface area (Å²) in [5, 5.41) is 13.1. The van der Waals surface area contributed by atoms with Crippen LogP contribution < -0.4 is 10.0 Å². The molecule has 3 rings (SSSR count). The minimum Gasteiger partial charge on any atom is -0.387 e. The Morgan fingerprint density at radius 1 is 1.03 bits per heavy atom. The van der Waals surface area contributed by atoms with Crippen molar-refractivity contribution in [2.45, 2.75) is 11.0 Å². The van der Waals surface area contributed by atoms with Crippen molar-refractivity contribution in [1.29, 1.82) is 0 Å². The minimum absolute atomic E-state index is 0.0105. The molecule has 0 aliphatic heterocycles. The van der Waals surface area contributed by atoms with Crippen molar-refractivity contribution in [1.82, 2.24) is 5.32 Å². The molecule has 0 heterocycles. The van der Waals surface area contributed by atoms with E-state index in [4.69, 9.17) is 11.6 Å². The number of benzene rings is 3. The van der Waals surface area contributed by atoms with Crippen LogP contribution in [0.25, 0.3) is 0 Å². The van der Waals surface area contributed by atoms with Gasteiger partial charge in [0.2, 0.25) is 0 Å². The van der Waals surface area contributed by atoms with Crippen molar-refractivity contribution in [2.24, 2.45) is 0 Å². The van der Waals surface area contributed by atoms with Gasteiger partial charge in [0, 0.05) is 11.6 Å². The maximum Gasteiger partial charge on any atom is 0.261 e. The SMILES string of the molecule is O=C(NCC(O)c1cccc(F)c1)c1ccccc1NS(=O)(=O)c1ccc(Cl)cc1. The second-order valence-electron chi connectivity index (χ2n) is 6.39. The predicted molar refractivity (Wildman–Crippen MR) is 112 cm³/mol. The van der Waals surface area contributed by atoms with Crippen LogP contribution in [0.2, 0.25) is 5.02 Å². The number of hydrogen-bond donors (Lipinski definition) is 3. The Balaban J connectivity index is 1.74. The number of para-hydroxylation sites is 1. The third-order valence-corrected chi connectivity index (χ3v) is 5.86. The Morgan fingerprint density at radius 3 is 2.43 bits per heavy atom. The molecular formula is C21H18ClFN2O4S. The molecule has 156 valence electrons. The summed E-state index contributed by atoms with van der Waals surface area (Å²) in [6.45, 7) is -0.180. The van der Waals surface area contributed by atoms with E-state index in [1.54, 1.807) is 12.1 Å². The lowest BCUT2D eigenvalue weighted by Crippen LogP contribution is -2.29. The van der Waals surface area contributed by atoms with E-state index in [2.05, 4.69) is 10.0 Å². The van der Waals surface area contributed by atoms with Crippen molar-refractivity contribution in [2.75, 3.05) is 11.3 Å². The van der Waals surface area contributed by atoms with Crippen LogP contribution in [0.3, 0.4) is 0 Å². The molecule has 0 saturated carbocycles. The molecule has 3 aromatic carbocycles. The van der Waals surface area contributed by atoms with Gasteiger partial charge in [0.15, 0.2) is 0 Å². The second kappa shape index (κ2) is 9.25. The molecule has 1 atom stereocenters. The van der Waals surface area contributed by atoms with Gasteiger partial charge in [-0.05, 0) is 54.1 Å². The summed E-state index contributed by atoms with van der Waals surface area (Å²) in [5.74, 6) is -1.10. The van der Waals surface area contributed by atoms with Gasteiger partial charge in [0.1, 0.15) is 5.82 Å². The number of aliphatic hydroxyl groups excluding tert-OH is 1. The standard InChI is InChI=1S/C21H18ClFN2O4S/c22-15-8-10-17(11-9-15)30(28,29)25-19-7-2-1-6-18(19)21(27)24-13-20(26)14-4-3-5-16(23)12-14/h1-12,20,25-26H,13H2,(H,24,27). The van der Waals surface area contributed by atoms with E-state index in [1.807, 2.05) is 0 Å². The third-order valence-electron chi connectivity index (χ3n) is 4.23. The number of aliphatic hydroxyl groups is 1. The molecule has 0 aromatic heterocycles.